The number of carboxylic acids is 1. The second kappa shape index (κ2) is 12.3. The van der Waals surface area contributed by atoms with E-state index in [1.54, 1.807) is 26.1 Å². The first-order valence-electron chi connectivity index (χ1n) is 12.7. The molecule has 0 aliphatic heterocycles. The number of aliphatic hydroxyl groups is 1. The number of halogens is 2. The van der Waals surface area contributed by atoms with E-state index >= 15 is 0 Å². The number of carbonyl (C=O) groups excluding carboxylic acids is 1. The Morgan fingerprint density at radius 2 is 1.74 bits per heavy atom. The minimum atomic E-state index is -1.11. The highest BCUT2D eigenvalue weighted by Gasteiger charge is 2.35. The van der Waals surface area contributed by atoms with Gasteiger partial charge in [-0.25, -0.2) is 13.5 Å². The second-order valence-electron chi connectivity index (χ2n) is 9.91. The summed E-state index contributed by atoms with van der Waals surface area (Å²) < 4.78 is 29.2. The van der Waals surface area contributed by atoms with E-state index in [1.807, 2.05) is 20.8 Å². The highest BCUT2D eigenvalue weighted by atomic mass is 19.1. The molecule has 7 nitrogen and oxygen atoms in total. The third-order valence-electron chi connectivity index (χ3n) is 6.83. The van der Waals surface area contributed by atoms with Gasteiger partial charge in [-0.15, -0.1) is 0 Å². The molecule has 204 valence electrons. The molecule has 38 heavy (non-hydrogen) atoms. The van der Waals surface area contributed by atoms with Gasteiger partial charge in [0.25, 0.3) is 5.91 Å². The van der Waals surface area contributed by atoms with Crippen LogP contribution in [0.5, 0.6) is 0 Å². The van der Waals surface area contributed by atoms with Gasteiger partial charge in [-0.1, -0.05) is 32.9 Å². The van der Waals surface area contributed by atoms with Crippen molar-refractivity contribution in [2.45, 2.75) is 71.4 Å². The summed E-state index contributed by atoms with van der Waals surface area (Å²) >= 11 is 0. The van der Waals surface area contributed by atoms with E-state index in [-0.39, 0.29) is 36.8 Å². The summed E-state index contributed by atoms with van der Waals surface area (Å²) in [5, 5.41) is 25.0. The number of amides is 1. The molecule has 0 aliphatic carbocycles. The molecule has 2 unspecified atom stereocenters. The Hall–Kier alpha value is -3.59. The van der Waals surface area contributed by atoms with Crippen LogP contribution < -0.4 is 0 Å². The van der Waals surface area contributed by atoms with Gasteiger partial charge in [-0.05, 0) is 73.6 Å². The number of hydrogen-bond acceptors (Lipinski definition) is 4. The standard InChI is InChI=1S/C29H35F2N3O4/c1-6-22(35)14-15-23(29(37)38)27-25(17(2)3)26(32-34(27)21-12-10-20(30)11-13-21)28(36)33(5)16-19-8-7-9-24(31)18(19)4/h7-13,17,22-23,35H,6,14-16H2,1-5H3,(H,37,38). The normalized spacial score (nSPS) is 13.0. The molecule has 1 aromatic heterocycles. The molecule has 2 atom stereocenters. The predicted octanol–water partition coefficient (Wildman–Crippen LogP) is 5.57. The SMILES string of the molecule is CCC(O)CCC(C(=O)O)c1c(C(C)C)c(C(=O)N(C)Cc2cccc(F)c2C)nn1-c1ccc(F)cc1. The maximum atomic E-state index is 14.1. The number of aliphatic carboxylic acids is 1. The van der Waals surface area contributed by atoms with Crippen LogP contribution in [0.15, 0.2) is 42.5 Å². The van der Waals surface area contributed by atoms with Crippen molar-refractivity contribution in [1.82, 2.24) is 14.7 Å². The average Bonchev–Trinajstić information content (AvgIpc) is 3.27. The van der Waals surface area contributed by atoms with Crippen molar-refractivity contribution in [3.05, 3.63) is 82.2 Å². The fraction of sp³-hybridized carbons (Fsp3) is 0.414. The number of carbonyl (C=O) groups is 2. The zero-order chi connectivity index (χ0) is 28.1. The molecule has 1 amide bonds. The molecular weight excluding hydrogens is 492 g/mol. The molecule has 1 heterocycles. The van der Waals surface area contributed by atoms with Gasteiger partial charge in [-0.2, -0.15) is 5.10 Å². The fourth-order valence-electron chi connectivity index (χ4n) is 4.56. The van der Waals surface area contributed by atoms with E-state index in [9.17, 15) is 28.6 Å². The van der Waals surface area contributed by atoms with Gasteiger partial charge in [0.15, 0.2) is 5.69 Å². The number of nitrogens with zero attached hydrogens (tertiary/aromatic N) is 3. The van der Waals surface area contributed by atoms with Crippen molar-refractivity contribution < 1.29 is 28.6 Å². The maximum Gasteiger partial charge on any atom is 0.312 e. The van der Waals surface area contributed by atoms with Crippen LogP contribution in [0.25, 0.3) is 5.69 Å². The van der Waals surface area contributed by atoms with Crippen molar-refractivity contribution in [1.29, 1.82) is 0 Å². The number of hydrogen-bond donors (Lipinski definition) is 2. The van der Waals surface area contributed by atoms with E-state index in [2.05, 4.69) is 5.10 Å². The van der Waals surface area contributed by atoms with Crippen LogP contribution in [0.1, 0.15) is 84.7 Å². The summed E-state index contributed by atoms with van der Waals surface area (Å²) in [6.45, 7) is 7.29. The van der Waals surface area contributed by atoms with Crippen molar-refractivity contribution in [2.75, 3.05) is 7.05 Å². The van der Waals surface area contributed by atoms with E-state index in [0.29, 0.717) is 34.5 Å². The molecular formula is C29H35F2N3O4. The van der Waals surface area contributed by atoms with Crippen molar-refractivity contribution in [3.8, 4) is 5.69 Å². The minimum absolute atomic E-state index is 0.0816. The Kier molecular flexibility index (Phi) is 9.38. The molecule has 0 aliphatic rings. The van der Waals surface area contributed by atoms with E-state index in [0.717, 1.165) is 0 Å². The summed E-state index contributed by atoms with van der Waals surface area (Å²) in [4.78, 5) is 27.7. The first kappa shape index (κ1) is 29.0. The number of rotatable bonds is 11. The monoisotopic (exact) mass is 527 g/mol. The first-order valence-corrected chi connectivity index (χ1v) is 12.7. The molecule has 3 rings (SSSR count). The maximum absolute atomic E-state index is 14.1. The van der Waals surface area contributed by atoms with E-state index in [4.69, 9.17) is 0 Å². The Labute approximate surface area is 221 Å². The van der Waals surface area contributed by atoms with Crippen LogP contribution in [0.3, 0.4) is 0 Å². The molecule has 0 radical (unpaired) electrons. The average molecular weight is 528 g/mol. The number of aliphatic hydroxyl groups excluding tert-OH is 1. The van der Waals surface area contributed by atoms with Crippen molar-refractivity contribution >= 4 is 11.9 Å². The highest BCUT2D eigenvalue weighted by molar-refractivity contribution is 5.95. The molecule has 2 aromatic carbocycles. The van der Waals surface area contributed by atoms with E-state index < -0.39 is 29.7 Å². The molecule has 0 saturated carbocycles. The molecule has 0 saturated heterocycles. The lowest BCUT2D eigenvalue weighted by Crippen LogP contribution is -2.28. The van der Waals surface area contributed by atoms with Crippen LogP contribution in [0.4, 0.5) is 8.78 Å². The summed E-state index contributed by atoms with van der Waals surface area (Å²) in [5.41, 5.74) is 2.37. The van der Waals surface area contributed by atoms with Gasteiger partial charge in [0.05, 0.1) is 23.4 Å². The lowest BCUT2D eigenvalue weighted by atomic mass is 9.89. The molecule has 2 N–H and O–H groups in total. The Morgan fingerprint density at radius 3 is 2.32 bits per heavy atom. The zero-order valence-corrected chi connectivity index (χ0v) is 22.4. The van der Waals surface area contributed by atoms with Crippen LogP contribution in [-0.4, -0.2) is 49.9 Å². The van der Waals surface area contributed by atoms with E-state index in [1.165, 1.54) is 39.9 Å². The van der Waals surface area contributed by atoms with Gasteiger partial charge < -0.3 is 15.1 Å². The molecule has 0 fully saturated rings. The van der Waals surface area contributed by atoms with Crippen molar-refractivity contribution in [3.63, 3.8) is 0 Å². The number of aromatic nitrogens is 2. The van der Waals surface area contributed by atoms with Gasteiger partial charge in [-0.3, -0.25) is 9.59 Å². The summed E-state index contributed by atoms with van der Waals surface area (Å²) in [6.07, 6.45) is 0.197. The van der Waals surface area contributed by atoms with Crippen LogP contribution >= 0.6 is 0 Å². The van der Waals surface area contributed by atoms with Crippen LogP contribution in [0.2, 0.25) is 0 Å². The second-order valence-corrected chi connectivity index (χ2v) is 9.91. The minimum Gasteiger partial charge on any atom is -0.481 e. The quantitative estimate of drug-likeness (QED) is 0.340. The largest absolute Gasteiger partial charge is 0.481 e. The Morgan fingerprint density at radius 1 is 1.08 bits per heavy atom. The smallest absolute Gasteiger partial charge is 0.312 e. The Bertz CT molecular complexity index is 1290. The number of carboxylic acid groups (broad SMARTS) is 1. The highest BCUT2D eigenvalue weighted by Crippen LogP contribution is 2.35. The third-order valence-corrected chi connectivity index (χ3v) is 6.83. The first-order chi connectivity index (χ1) is 18.0. The van der Waals surface area contributed by atoms with Crippen LogP contribution in [0, 0.1) is 18.6 Å². The van der Waals surface area contributed by atoms with Gasteiger partial charge in [0.1, 0.15) is 11.6 Å². The van der Waals surface area contributed by atoms with Gasteiger partial charge in [0, 0.05) is 19.2 Å². The lowest BCUT2D eigenvalue weighted by molar-refractivity contribution is -0.139. The summed E-state index contributed by atoms with van der Waals surface area (Å²) in [6, 6.07) is 10.1. The fourth-order valence-corrected chi connectivity index (χ4v) is 4.56. The van der Waals surface area contributed by atoms with Crippen molar-refractivity contribution in [2.24, 2.45) is 0 Å². The summed E-state index contributed by atoms with van der Waals surface area (Å²) in [5.74, 6) is -3.73. The third kappa shape index (κ3) is 6.27. The Balaban J connectivity index is 2.16. The summed E-state index contributed by atoms with van der Waals surface area (Å²) in [7, 11) is 1.58. The lowest BCUT2D eigenvalue weighted by Gasteiger charge is -2.21. The molecule has 9 heteroatoms. The van der Waals surface area contributed by atoms with Gasteiger partial charge in [0.2, 0.25) is 0 Å². The number of benzene rings is 2. The van der Waals surface area contributed by atoms with Crippen LogP contribution in [-0.2, 0) is 11.3 Å². The molecule has 3 aromatic rings. The molecule has 0 bridgehead atoms. The zero-order valence-electron chi connectivity index (χ0n) is 22.4. The predicted molar refractivity (Wildman–Crippen MR) is 140 cm³/mol. The topological polar surface area (TPSA) is 95.7 Å². The van der Waals surface area contributed by atoms with Gasteiger partial charge >= 0.3 is 5.97 Å². The molecule has 0 spiro atoms.